The molecule has 0 saturated carbocycles. The molecule has 516 valence electrons. The van der Waals surface area contributed by atoms with Gasteiger partial charge in [-0.15, -0.1) is 0 Å². The van der Waals surface area contributed by atoms with Crippen LogP contribution in [0.15, 0.2) is 0 Å². The Morgan fingerprint density at radius 3 is 0.678 bits per heavy atom. The minimum Gasteiger partial charge on any atom is -0.463 e. The van der Waals surface area contributed by atoms with Gasteiger partial charge < -0.3 is 23.7 Å². The van der Waals surface area contributed by atoms with E-state index in [0.717, 1.165) is 25.7 Å². The highest BCUT2D eigenvalue weighted by Gasteiger charge is 2.46. The number of unbranched alkanes of at least 4 members (excludes halogenated alkanes) is 44. The van der Waals surface area contributed by atoms with E-state index < -0.39 is 12.6 Å². The first-order chi connectivity index (χ1) is 42.5. The Kier molecular flexibility index (Phi) is 54.1. The van der Waals surface area contributed by atoms with Crippen LogP contribution in [0.5, 0.6) is 0 Å². The van der Waals surface area contributed by atoms with Crippen LogP contribution in [0.4, 0.5) is 0 Å². The number of esters is 2. The van der Waals surface area contributed by atoms with Gasteiger partial charge in [0.05, 0.1) is 12.2 Å². The second-order valence-corrected chi connectivity index (χ2v) is 29.6. The molecule has 2 aliphatic rings. The van der Waals surface area contributed by atoms with Crippen LogP contribution in [-0.4, -0.2) is 49.9 Å². The van der Waals surface area contributed by atoms with Gasteiger partial charge >= 0.3 is 11.9 Å². The molecule has 2 aliphatic heterocycles. The summed E-state index contributed by atoms with van der Waals surface area (Å²) in [5.74, 6) is 1.95. The van der Waals surface area contributed by atoms with Crippen LogP contribution in [0, 0.1) is 47.3 Å². The summed E-state index contributed by atoms with van der Waals surface area (Å²) in [6.07, 6.45) is 69.1. The van der Waals surface area contributed by atoms with Gasteiger partial charge in [0.2, 0.25) is 0 Å². The molecule has 2 heterocycles. The van der Waals surface area contributed by atoms with Crippen molar-refractivity contribution < 1.29 is 33.3 Å². The van der Waals surface area contributed by atoms with Crippen LogP contribution >= 0.6 is 0 Å². The summed E-state index contributed by atoms with van der Waals surface area (Å²) < 4.78 is 33.0. The lowest BCUT2D eigenvalue weighted by molar-refractivity contribution is -0.344. The van der Waals surface area contributed by atoms with Crippen molar-refractivity contribution >= 4 is 11.9 Å². The Morgan fingerprint density at radius 2 is 0.471 bits per heavy atom. The van der Waals surface area contributed by atoms with Gasteiger partial charge in [-0.25, -0.2) is 0 Å². The predicted octanol–water partition coefficient (Wildman–Crippen LogP) is 25.7. The molecule has 0 aromatic rings. The van der Waals surface area contributed by atoms with E-state index >= 15 is 0 Å². The summed E-state index contributed by atoms with van der Waals surface area (Å²) in [5.41, 5.74) is 0. The summed E-state index contributed by atoms with van der Waals surface area (Å²) in [5, 5.41) is 0. The zero-order chi connectivity index (χ0) is 63.2. The molecule has 4 unspecified atom stereocenters. The minimum atomic E-state index is -0.484. The topological polar surface area (TPSA) is 80.3 Å². The van der Waals surface area contributed by atoms with Gasteiger partial charge in [-0.3, -0.25) is 9.59 Å². The summed E-state index contributed by atoms with van der Waals surface area (Å²) in [6, 6.07) is 0. The fourth-order valence-corrected chi connectivity index (χ4v) is 14.5. The molecule has 0 aromatic carbocycles. The summed E-state index contributed by atoms with van der Waals surface area (Å²) in [7, 11) is 0. The third-order valence-corrected chi connectivity index (χ3v) is 21.8. The first kappa shape index (κ1) is 81.9. The van der Waals surface area contributed by atoms with Crippen molar-refractivity contribution in [1.29, 1.82) is 0 Å². The Labute approximate surface area is 543 Å². The van der Waals surface area contributed by atoms with Crippen LogP contribution in [0.2, 0.25) is 0 Å². The van der Waals surface area contributed by atoms with E-state index in [9.17, 15) is 9.59 Å². The van der Waals surface area contributed by atoms with Gasteiger partial charge in [0.25, 0.3) is 0 Å². The molecule has 2 saturated heterocycles. The molecule has 2 rings (SSSR count). The molecule has 0 amide bonds. The molecule has 7 heteroatoms. The zero-order valence-electron chi connectivity index (χ0n) is 60.4. The van der Waals surface area contributed by atoms with Gasteiger partial charge in [0.1, 0.15) is 13.2 Å². The standard InChI is InChI=1S/C80H154O7/c1-11-15-19-23-27-31-35-39-43-47-51-55-59-73(60-56-52-48-44-40-36-32-28-24-20-16-12-2)63-77(81)83-65-75-69(7)67(5)71(9)79(85-75)87-80-72(10)68(6)70(8)76(86-80)66-84-78(82)64-74(61-57-53-49-45-41-37-33-29-25-21-17-13-3)62-58-54-50-46-42-38-34-30-26-22-18-14-4/h67-76,79-80H,11-66H2,1-10H3/t67-,68-,69+,70+,71?,72?,75?,76?,79-,80-/m0/s1. The molecule has 0 radical (unpaired) electrons. The lowest BCUT2D eigenvalue weighted by Crippen LogP contribution is -2.53. The third-order valence-electron chi connectivity index (χ3n) is 21.8. The van der Waals surface area contributed by atoms with Crippen LogP contribution in [0.1, 0.15) is 416 Å². The number of carbonyl (C=O) groups excluding carboxylic acids is 2. The van der Waals surface area contributed by atoms with E-state index in [1.807, 2.05) is 0 Å². The first-order valence-electron chi connectivity index (χ1n) is 39.7. The molecule has 10 atom stereocenters. The summed E-state index contributed by atoms with van der Waals surface area (Å²) >= 11 is 0. The van der Waals surface area contributed by atoms with E-state index in [1.54, 1.807) is 0 Å². The van der Waals surface area contributed by atoms with Crippen molar-refractivity contribution in [3.63, 3.8) is 0 Å². The maximum atomic E-state index is 13.8. The summed E-state index contributed by atoms with van der Waals surface area (Å²) in [4.78, 5) is 27.6. The van der Waals surface area contributed by atoms with E-state index in [2.05, 4.69) is 69.2 Å². The molecule has 0 N–H and O–H groups in total. The van der Waals surface area contributed by atoms with Gasteiger partial charge in [0.15, 0.2) is 12.6 Å². The number of carbonyl (C=O) groups is 2. The normalized spacial score (nSPS) is 22.4. The van der Waals surface area contributed by atoms with Crippen LogP contribution in [0.25, 0.3) is 0 Å². The first-order valence-corrected chi connectivity index (χ1v) is 39.7. The van der Waals surface area contributed by atoms with E-state index in [0.29, 0.717) is 36.5 Å². The molecule has 0 aromatic heterocycles. The third kappa shape index (κ3) is 42.6. The molecule has 0 spiro atoms. The number of hydrogen-bond acceptors (Lipinski definition) is 7. The average Bonchev–Trinajstić information content (AvgIpc) is 2.28. The Bertz CT molecular complexity index is 1340. The SMILES string of the molecule is CCCCCCCCCCCCCCC(CCCCCCCCCCCCCC)CC(=O)OCC1O[C@@H](O[C@@H]2OC(COC(=O)CC(CCCCCCCCCCCCCC)CCCCCCCCCCCCCC)[C@H](C)[C@H](C)C2C)C(C)[C@@H](C)[C@H]1C. The maximum Gasteiger partial charge on any atom is 0.306 e. The largest absolute Gasteiger partial charge is 0.463 e. The lowest BCUT2D eigenvalue weighted by Gasteiger charge is -2.48. The van der Waals surface area contributed by atoms with Crippen molar-refractivity contribution in [3.8, 4) is 0 Å². The highest BCUT2D eigenvalue weighted by molar-refractivity contribution is 5.70. The Hall–Kier alpha value is -1.18. The lowest BCUT2D eigenvalue weighted by atomic mass is 9.78. The van der Waals surface area contributed by atoms with Gasteiger partial charge in [-0.2, -0.15) is 0 Å². The van der Waals surface area contributed by atoms with E-state index in [1.165, 1.54) is 308 Å². The Balaban J connectivity index is 1.94. The van der Waals surface area contributed by atoms with Crippen LogP contribution in [0.3, 0.4) is 0 Å². The van der Waals surface area contributed by atoms with Crippen LogP contribution < -0.4 is 0 Å². The van der Waals surface area contributed by atoms with Crippen molar-refractivity contribution in [3.05, 3.63) is 0 Å². The van der Waals surface area contributed by atoms with Crippen molar-refractivity contribution in [2.24, 2.45) is 47.3 Å². The fraction of sp³-hybridized carbons (Fsp3) is 0.975. The maximum absolute atomic E-state index is 13.8. The molecule has 2 fully saturated rings. The average molecular weight is 1230 g/mol. The quantitative estimate of drug-likeness (QED) is 0.0443. The van der Waals surface area contributed by atoms with Crippen molar-refractivity contribution in [1.82, 2.24) is 0 Å². The Morgan fingerprint density at radius 1 is 0.276 bits per heavy atom. The fourth-order valence-electron chi connectivity index (χ4n) is 14.5. The smallest absolute Gasteiger partial charge is 0.306 e. The molecule has 0 aliphatic carbocycles. The molecular formula is C80H154O7. The second-order valence-electron chi connectivity index (χ2n) is 29.6. The van der Waals surface area contributed by atoms with E-state index in [4.69, 9.17) is 23.7 Å². The number of rotatable bonds is 62. The van der Waals surface area contributed by atoms with Gasteiger partial charge in [0, 0.05) is 24.7 Å². The van der Waals surface area contributed by atoms with Crippen molar-refractivity contribution in [2.75, 3.05) is 13.2 Å². The van der Waals surface area contributed by atoms with Gasteiger partial charge in [-0.1, -0.05) is 377 Å². The minimum absolute atomic E-state index is 0.0677. The predicted molar refractivity (Wildman–Crippen MR) is 374 cm³/mol. The van der Waals surface area contributed by atoms with E-state index in [-0.39, 0.29) is 61.0 Å². The van der Waals surface area contributed by atoms with Gasteiger partial charge in [-0.05, 0) is 61.2 Å². The monoisotopic (exact) mass is 1230 g/mol. The zero-order valence-corrected chi connectivity index (χ0v) is 60.4. The molecule has 7 nitrogen and oxygen atoms in total. The highest BCUT2D eigenvalue weighted by atomic mass is 16.8. The summed E-state index contributed by atoms with van der Waals surface area (Å²) in [6.45, 7) is 23.2. The second kappa shape index (κ2) is 57.5. The molecule has 87 heavy (non-hydrogen) atoms. The number of ether oxygens (including phenoxy) is 5. The van der Waals surface area contributed by atoms with Crippen molar-refractivity contribution in [2.45, 2.75) is 441 Å². The molecular weight excluding hydrogens is 1070 g/mol. The molecule has 0 bridgehead atoms. The van der Waals surface area contributed by atoms with Crippen LogP contribution in [-0.2, 0) is 33.3 Å². The highest BCUT2D eigenvalue weighted by Crippen LogP contribution is 2.41. The number of hydrogen-bond donors (Lipinski definition) is 0.